The van der Waals surface area contributed by atoms with Crippen molar-refractivity contribution in [1.29, 1.82) is 0 Å². The third-order valence-electron chi connectivity index (χ3n) is 4.20. The summed E-state index contributed by atoms with van der Waals surface area (Å²) < 4.78 is 0. The molecule has 1 fully saturated rings. The first-order valence-electron chi connectivity index (χ1n) is 7.08. The van der Waals surface area contributed by atoms with Gasteiger partial charge >= 0.3 is 12.0 Å². The fourth-order valence-electron chi connectivity index (χ4n) is 2.56. The van der Waals surface area contributed by atoms with Crippen molar-refractivity contribution in [3.8, 4) is 0 Å². The molecule has 0 aromatic rings. The molecule has 3 N–H and O–H groups in total. The van der Waals surface area contributed by atoms with Crippen molar-refractivity contribution in [2.24, 2.45) is 5.41 Å². The number of urea groups is 1. The Morgan fingerprint density at radius 1 is 1.30 bits per heavy atom. The van der Waals surface area contributed by atoms with Crippen LogP contribution >= 0.6 is 0 Å². The van der Waals surface area contributed by atoms with E-state index in [4.69, 9.17) is 5.11 Å². The molecule has 6 nitrogen and oxygen atoms in total. The lowest BCUT2D eigenvalue weighted by Gasteiger charge is -2.38. The largest absolute Gasteiger partial charge is 0.480 e. The number of nitrogens with one attached hydrogen (secondary N) is 1. The van der Waals surface area contributed by atoms with Gasteiger partial charge in [0.15, 0.2) is 6.04 Å². The zero-order valence-corrected chi connectivity index (χ0v) is 12.7. The minimum atomic E-state index is -1.27. The van der Waals surface area contributed by atoms with Crippen LogP contribution in [-0.2, 0) is 4.79 Å². The van der Waals surface area contributed by atoms with Crippen LogP contribution in [0.2, 0.25) is 0 Å². The van der Waals surface area contributed by atoms with E-state index in [2.05, 4.69) is 19.2 Å². The number of aliphatic hydroxyl groups is 1. The predicted molar refractivity (Wildman–Crippen MR) is 75.4 cm³/mol. The van der Waals surface area contributed by atoms with Gasteiger partial charge in [0.1, 0.15) is 0 Å². The third kappa shape index (κ3) is 4.37. The van der Waals surface area contributed by atoms with E-state index in [0.717, 1.165) is 25.7 Å². The molecule has 0 aromatic carbocycles. The summed E-state index contributed by atoms with van der Waals surface area (Å²) in [4.78, 5) is 24.6. The number of amides is 2. The van der Waals surface area contributed by atoms with Gasteiger partial charge in [-0.25, -0.2) is 9.59 Å². The molecular formula is C14H26N2O4. The number of aliphatic carboxylic acids is 1. The van der Waals surface area contributed by atoms with Crippen LogP contribution in [0.3, 0.4) is 0 Å². The number of carboxylic acids is 1. The molecule has 6 heteroatoms. The highest BCUT2D eigenvalue weighted by Crippen LogP contribution is 2.36. The van der Waals surface area contributed by atoms with Crippen molar-refractivity contribution in [3.05, 3.63) is 0 Å². The smallest absolute Gasteiger partial charge is 0.328 e. The maximum absolute atomic E-state index is 12.1. The summed E-state index contributed by atoms with van der Waals surface area (Å²) in [6.07, 6.45) is 2.81. The SMILES string of the molecule is C[C@@H](O)[C@H](NC(=O)N(C)C1CCC(C)(C)CC1)C(=O)O. The first kappa shape index (κ1) is 16.8. The lowest BCUT2D eigenvalue weighted by Crippen LogP contribution is -2.54. The molecule has 0 bridgehead atoms. The van der Waals surface area contributed by atoms with Gasteiger partial charge in [0, 0.05) is 13.1 Å². The number of hydrogen-bond donors (Lipinski definition) is 3. The summed E-state index contributed by atoms with van der Waals surface area (Å²) in [5.74, 6) is -1.23. The number of carbonyl (C=O) groups is 2. The third-order valence-corrected chi connectivity index (χ3v) is 4.20. The van der Waals surface area contributed by atoms with E-state index in [9.17, 15) is 14.7 Å². The molecule has 2 amide bonds. The molecule has 0 aromatic heterocycles. The average molecular weight is 286 g/mol. The van der Waals surface area contributed by atoms with Crippen molar-refractivity contribution in [3.63, 3.8) is 0 Å². The van der Waals surface area contributed by atoms with Gasteiger partial charge in [0.2, 0.25) is 0 Å². The normalized spacial score (nSPS) is 21.9. The quantitative estimate of drug-likeness (QED) is 0.729. The highest BCUT2D eigenvalue weighted by molar-refractivity contribution is 5.83. The molecule has 1 aliphatic carbocycles. The maximum atomic E-state index is 12.1. The van der Waals surface area contributed by atoms with E-state index in [0.29, 0.717) is 5.41 Å². The van der Waals surface area contributed by atoms with E-state index in [1.54, 1.807) is 11.9 Å². The Morgan fingerprint density at radius 3 is 2.20 bits per heavy atom. The monoisotopic (exact) mass is 286 g/mol. The Kier molecular flexibility index (Phi) is 5.39. The molecule has 20 heavy (non-hydrogen) atoms. The number of carboxylic acid groups (broad SMARTS) is 1. The van der Waals surface area contributed by atoms with Crippen LogP contribution in [0.15, 0.2) is 0 Å². The van der Waals surface area contributed by atoms with Gasteiger partial charge in [-0.2, -0.15) is 0 Å². The summed E-state index contributed by atoms with van der Waals surface area (Å²) in [6.45, 7) is 5.79. The minimum Gasteiger partial charge on any atom is -0.480 e. The van der Waals surface area contributed by atoms with Crippen LogP contribution in [0.4, 0.5) is 4.79 Å². The molecule has 1 saturated carbocycles. The number of hydrogen-bond acceptors (Lipinski definition) is 3. The van der Waals surface area contributed by atoms with Crippen molar-refractivity contribution >= 4 is 12.0 Å². The summed E-state index contributed by atoms with van der Waals surface area (Å²) in [7, 11) is 1.68. The first-order valence-corrected chi connectivity index (χ1v) is 7.08. The zero-order valence-electron chi connectivity index (χ0n) is 12.7. The molecule has 0 spiro atoms. The van der Waals surface area contributed by atoms with E-state index < -0.39 is 24.1 Å². The molecule has 1 aliphatic rings. The van der Waals surface area contributed by atoms with Gasteiger partial charge in [-0.3, -0.25) is 0 Å². The van der Waals surface area contributed by atoms with Crippen LogP contribution < -0.4 is 5.32 Å². The number of carbonyl (C=O) groups excluding carboxylic acids is 1. The van der Waals surface area contributed by atoms with Gasteiger partial charge in [-0.15, -0.1) is 0 Å². The van der Waals surface area contributed by atoms with Crippen LogP contribution in [-0.4, -0.2) is 52.3 Å². The lowest BCUT2D eigenvalue weighted by molar-refractivity contribution is -0.141. The molecule has 1 rings (SSSR count). The Bertz CT molecular complexity index is 358. The minimum absolute atomic E-state index is 0.131. The second-order valence-corrected chi connectivity index (χ2v) is 6.51. The molecule has 116 valence electrons. The summed E-state index contributed by atoms with van der Waals surface area (Å²) in [5.41, 5.74) is 0.316. The molecule has 0 unspecified atom stereocenters. The number of rotatable bonds is 4. The van der Waals surface area contributed by atoms with Gasteiger partial charge in [-0.05, 0) is 38.0 Å². The highest BCUT2D eigenvalue weighted by atomic mass is 16.4. The Hall–Kier alpha value is -1.30. The van der Waals surface area contributed by atoms with Crippen molar-refractivity contribution in [2.75, 3.05) is 7.05 Å². The van der Waals surface area contributed by atoms with E-state index >= 15 is 0 Å². The molecule has 2 atom stereocenters. The molecule has 0 radical (unpaired) electrons. The summed E-state index contributed by atoms with van der Waals surface area (Å²) >= 11 is 0. The van der Waals surface area contributed by atoms with Crippen LogP contribution in [0.1, 0.15) is 46.5 Å². The maximum Gasteiger partial charge on any atom is 0.328 e. The summed E-state index contributed by atoms with van der Waals surface area (Å²) in [5, 5.41) is 20.7. The van der Waals surface area contributed by atoms with Gasteiger partial charge in [-0.1, -0.05) is 13.8 Å². The second kappa shape index (κ2) is 6.43. The Morgan fingerprint density at radius 2 is 1.80 bits per heavy atom. The van der Waals surface area contributed by atoms with Crippen LogP contribution in [0.25, 0.3) is 0 Å². The highest BCUT2D eigenvalue weighted by Gasteiger charge is 2.32. The van der Waals surface area contributed by atoms with E-state index in [-0.39, 0.29) is 6.04 Å². The average Bonchev–Trinajstić information content (AvgIpc) is 2.34. The molecular weight excluding hydrogens is 260 g/mol. The van der Waals surface area contributed by atoms with Gasteiger partial charge in [0.05, 0.1) is 6.10 Å². The number of nitrogens with zero attached hydrogens (tertiary/aromatic N) is 1. The van der Waals surface area contributed by atoms with Crippen molar-refractivity contribution in [1.82, 2.24) is 10.2 Å². The molecule has 0 aliphatic heterocycles. The van der Waals surface area contributed by atoms with E-state index in [1.165, 1.54) is 6.92 Å². The van der Waals surface area contributed by atoms with E-state index in [1.807, 2.05) is 0 Å². The fourth-order valence-corrected chi connectivity index (χ4v) is 2.56. The predicted octanol–water partition coefficient (Wildman–Crippen LogP) is 1.43. The molecule has 0 heterocycles. The Labute approximate surface area is 120 Å². The standard InChI is InChI=1S/C14H26N2O4/c1-9(17)11(12(18)19)15-13(20)16(4)10-5-7-14(2,3)8-6-10/h9-11,17H,5-8H2,1-4H3,(H,15,20)(H,18,19)/t9-,11+/m1/s1. The summed E-state index contributed by atoms with van der Waals surface area (Å²) in [6, 6.07) is -1.58. The van der Waals surface area contributed by atoms with Gasteiger partial charge in [0.25, 0.3) is 0 Å². The van der Waals surface area contributed by atoms with Gasteiger partial charge < -0.3 is 20.4 Å². The topological polar surface area (TPSA) is 89.9 Å². The van der Waals surface area contributed by atoms with Crippen LogP contribution in [0.5, 0.6) is 0 Å². The van der Waals surface area contributed by atoms with Crippen LogP contribution in [0, 0.1) is 5.41 Å². The Balaban J connectivity index is 2.57. The number of aliphatic hydroxyl groups excluding tert-OH is 1. The zero-order chi connectivity index (χ0) is 15.5. The fraction of sp³-hybridized carbons (Fsp3) is 0.857. The van der Waals surface area contributed by atoms with Crippen molar-refractivity contribution in [2.45, 2.75) is 64.6 Å². The second-order valence-electron chi connectivity index (χ2n) is 6.51. The lowest BCUT2D eigenvalue weighted by atomic mass is 9.75. The van der Waals surface area contributed by atoms with Crippen molar-refractivity contribution < 1.29 is 19.8 Å². The molecule has 0 saturated heterocycles. The first-order chi connectivity index (χ1) is 9.14.